The van der Waals surface area contributed by atoms with Gasteiger partial charge in [-0.1, -0.05) is 366 Å². The van der Waals surface area contributed by atoms with E-state index in [-0.39, 0.29) is 31.1 Å². The Hall–Kier alpha value is -2.11. The Balaban J connectivity index is 4.21. The van der Waals surface area contributed by atoms with E-state index in [0.717, 1.165) is 77.0 Å². The molecule has 0 bridgehead atoms. The van der Waals surface area contributed by atoms with E-state index in [0.29, 0.717) is 19.3 Å². The van der Waals surface area contributed by atoms with Crippen LogP contribution in [0.4, 0.5) is 0 Å². The SMILES string of the molecule is CCCCCC/C=C\C/C=C\CCCCCCCC(=O)OCC(COC(=O)CCCCCCCCCCCCCCCCCCCCCCCCCCCCCC)OC(=O)CCCCCCCCCCCCCCCCCCCC. The van der Waals surface area contributed by atoms with Crippen LogP contribution in [0.1, 0.15) is 412 Å². The standard InChI is InChI=1S/C74H140O6/c1-4-7-10-13-16-19-22-25-28-31-33-34-35-36-37-38-39-40-41-42-44-46-49-52-55-58-61-64-67-73(76)79-70-71(69-78-72(75)66-63-60-57-54-51-48-45-30-27-24-21-18-15-12-9-6-3)80-74(77)68-65-62-59-56-53-50-47-43-32-29-26-23-20-17-14-11-8-5-2/h21,24,30,45,71H,4-20,22-23,25-29,31-44,46-70H2,1-3H3/b24-21-,45-30-. The van der Waals surface area contributed by atoms with E-state index in [1.165, 1.54) is 295 Å². The van der Waals surface area contributed by atoms with Crippen LogP contribution in [0, 0.1) is 0 Å². The van der Waals surface area contributed by atoms with E-state index in [4.69, 9.17) is 14.2 Å². The van der Waals surface area contributed by atoms with Crippen LogP contribution in [0.2, 0.25) is 0 Å². The van der Waals surface area contributed by atoms with Crippen LogP contribution in [-0.4, -0.2) is 37.2 Å². The van der Waals surface area contributed by atoms with Crippen LogP contribution in [0.3, 0.4) is 0 Å². The number of unbranched alkanes of at least 4 members (excludes halogenated alkanes) is 53. The van der Waals surface area contributed by atoms with Gasteiger partial charge < -0.3 is 14.2 Å². The number of allylic oxidation sites excluding steroid dienone is 4. The summed E-state index contributed by atoms with van der Waals surface area (Å²) in [4.78, 5) is 38.5. The van der Waals surface area contributed by atoms with Crippen LogP contribution in [0.15, 0.2) is 24.3 Å². The summed E-state index contributed by atoms with van der Waals surface area (Å²) in [5, 5.41) is 0. The average molecular weight is 1130 g/mol. The maximum atomic E-state index is 12.9. The van der Waals surface area contributed by atoms with Gasteiger partial charge in [-0.2, -0.15) is 0 Å². The lowest BCUT2D eigenvalue weighted by Crippen LogP contribution is -2.30. The van der Waals surface area contributed by atoms with Crippen LogP contribution in [0.25, 0.3) is 0 Å². The van der Waals surface area contributed by atoms with Gasteiger partial charge in [0.05, 0.1) is 0 Å². The zero-order chi connectivity index (χ0) is 57.8. The first kappa shape index (κ1) is 77.9. The molecule has 80 heavy (non-hydrogen) atoms. The lowest BCUT2D eigenvalue weighted by molar-refractivity contribution is -0.167. The Labute approximate surface area is 500 Å². The van der Waals surface area contributed by atoms with E-state index in [1.807, 2.05) is 0 Å². The molecule has 0 N–H and O–H groups in total. The van der Waals surface area contributed by atoms with Gasteiger partial charge in [-0.25, -0.2) is 0 Å². The van der Waals surface area contributed by atoms with E-state index < -0.39 is 6.10 Å². The van der Waals surface area contributed by atoms with Crippen molar-refractivity contribution in [3.8, 4) is 0 Å². The summed E-state index contributed by atoms with van der Waals surface area (Å²) in [5.74, 6) is -0.849. The molecule has 1 atom stereocenters. The summed E-state index contributed by atoms with van der Waals surface area (Å²) in [5.41, 5.74) is 0. The van der Waals surface area contributed by atoms with Crippen LogP contribution in [-0.2, 0) is 28.6 Å². The molecule has 6 nitrogen and oxygen atoms in total. The summed E-state index contributed by atoms with van der Waals surface area (Å²) in [6.07, 6.45) is 85.0. The Morgan fingerprint density at radius 3 is 0.700 bits per heavy atom. The second kappa shape index (κ2) is 69.4. The number of hydrogen-bond acceptors (Lipinski definition) is 6. The number of esters is 3. The van der Waals surface area contributed by atoms with Crippen molar-refractivity contribution in [3.05, 3.63) is 24.3 Å². The molecule has 0 saturated carbocycles. The highest BCUT2D eigenvalue weighted by Gasteiger charge is 2.19. The molecule has 0 saturated heterocycles. The molecule has 1 unspecified atom stereocenters. The fourth-order valence-corrected chi connectivity index (χ4v) is 11.2. The molecule has 0 aliphatic heterocycles. The molecule has 0 rings (SSSR count). The molecule has 0 heterocycles. The van der Waals surface area contributed by atoms with E-state index in [9.17, 15) is 14.4 Å². The number of hydrogen-bond donors (Lipinski definition) is 0. The molecule has 0 aliphatic carbocycles. The first-order valence-electron chi connectivity index (χ1n) is 36.3. The van der Waals surface area contributed by atoms with Crippen molar-refractivity contribution in [1.29, 1.82) is 0 Å². The highest BCUT2D eigenvalue weighted by Crippen LogP contribution is 2.19. The zero-order valence-corrected chi connectivity index (χ0v) is 54.4. The quantitative estimate of drug-likeness (QED) is 0.0261. The third-order valence-corrected chi connectivity index (χ3v) is 16.7. The molecule has 6 heteroatoms. The second-order valence-electron chi connectivity index (χ2n) is 24.9. The van der Waals surface area contributed by atoms with Gasteiger partial charge in [-0.15, -0.1) is 0 Å². The highest BCUT2D eigenvalue weighted by atomic mass is 16.6. The van der Waals surface area contributed by atoms with Crippen LogP contribution >= 0.6 is 0 Å². The molecule has 0 aromatic heterocycles. The molecule has 0 aliphatic rings. The lowest BCUT2D eigenvalue weighted by Gasteiger charge is -2.18. The average Bonchev–Trinajstić information content (AvgIpc) is 3.46. The summed E-state index contributed by atoms with van der Waals surface area (Å²) in [7, 11) is 0. The normalized spacial score (nSPS) is 12.1. The number of carbonyl (C=O) groups is 3. The molecule has 0 radical (unpaired) electrons. The van der Waals surface area contributed by atoms with E-state index >= 15 is 0 Å². The van der Waals surface area contributed by atoms with Gasteiger partial charge in [0.1, 0.15) is 13.2 Å². The Bertz CT molecular complexity index is 1290. The number of carbonyl (C=O) groups excluding carboxylic acids is 3. The van der Waals surface area contributed by atoms with Crippen molar-refractivity contribution in [3.63, 3.8) is 0 Å². The fourth-order valence-electron chi connectivity index (χ4n) is 11.2. The van der Waals surface area contributed by atoms with E-state index in [2.05, 4.69) is 45.1 Å². The van der Waals surface area contributed by atoms with Crippen LogP contribution < -0.4 is 0 Å². The van der Waals surface area contributed by atoms with Gasteiger partial charge in [0.25, 0.3) is 0 Å². The third kappa shape index (κ3) is 66.7. The van der Waals surface area contributed by atoms with Gasteiger partial charge in [0.2, 0.25) is 0 Å². The predicted molar refractivity (Wildman–Crippen MR) is 349 cm³/mol. The van der Waals surface area contributed by atoms with Crippen molar-refractivity contribution in [2.24, 2.45) is 0 Å². The molecule has 0 amide bonds. The molecular formula is C74H140O6. The largest absolute Gasteiger partial charge is 0.462 e. The summed E-state index contributed by atoms with van der Waals surface area (Å²) in [6, 6.07) is 0. The summed E-state index contributed by atoms with van der Waals surface area (Å²) in [6.45, 7) is 6.70. The van der Waals surface area contributed by atoms with Gasteiger partial charge in [-0.3, -0.25) is 14.4 Å². The molecule has 0 aromatic rings. The fraction of sp³-hybridized carbons (Fsp3) is 0.905. The molecule has 472 valence electrons. The number of ether oxygens (including phenoxy) is 3. The Morgan fingerprint density at radius 1 is 0.250 bits per heavy atom. The summed E-state index contributed by atoms with van der Waals surface area (Å²) >= 11 is 0. The Kier molecular flexibility index (Phi) is 67.6. The van der Waals surface area contributed by atoms with Gasteiger partial charge >= 0.3 is 17.9 Å². The second-order valence-corrected chi connectivity index (χ2v) is 24.9. The third-order valence-electron chi connectivity index (χ3n) is 16.7. The summed E-state index contributed by atoms with van der Waals surface area (Å²) < 4.78 is 17.0. The smallest absolute Gasteiger partial charge is 0.306 e. The van der Waals surface area contributed by atoms with E-state index in [1.54, 1.807) is 0 Å². The zero-order valence-electron chi connectivity index (χ0n) is 54.4. The molecular weight excluding hydrogens is 985 g/mol. The molecule has 0 fully saturated rings. The molecule has 0 aromatic carbocycles. The first-order chi connectivity index (χ1) is 39.5. The van der Waals surface area contributed by atoms with Gasteiger partial charge in [-0.05, 0) is 51.4 Å². The van der Waals surface area contributed by atoms with Gasteiger partial charge in [0.15, 0.2) is 6.10 Å². The van der Waals surface area contributed by atoms with Crippen molar-refractivity contribution in [1.82, 2.24) is 0 Å². The monoisotopic (exact) mass is 1130 g/mol. The lowest BCUT2D eigenvalue weighted by atomic mass is 10.0. The van der Waals surface area contributed by atoms with Crippen molar-refractivity contribution < 1.29 is 28.6 Å². The van der Waals surface area contributed by atoms with Crippen molar-refractivity contribution in [2.45, 2.75) is 419 Å². The van der Waals surface area contributed by atoms with Crippen LogP contribution in [0.5, 0.6) is 0 Å². The minimum atomic E-state index is -0.774. The van der Waals surface area contributed by atoms with Crippen molar-refractivity contribution in [2.75, 3.05) is 13.2 Å². The highest BCUT2D eigenvalue weighted by molar-refractivity contribution is 5.71. The molecule has 0 spiro atoms. The number of rotatable bonds is 68. The van der Waals surface area contributed by atoms with Crippen molar-refractivity contribution >= 4 is 17.9 Å². The first-order valence-corrected chi connectivity index (χ1v) is 36.3. The Morgan fingerprint density at radius 2 is 0.450 bits per heavy atom. The maximum absolute atomic E-state index is 12.9. The van der Waals surface area contributed by atoms with Gasteiger partial charge in [0, 0.05) is 19.3 Å². The topological polar surface area (TPSA) is 78.9 Å². The predicted octanol–water partition coefficient (Wildman–Crippen LogP) is 25.0. The minimum absolute atomic E-state index is 0.0692. The minimum Gasteiger partial charge on any atom is -0.462 e. The maximum Gasteiger partial charge on any atom is 0.306 e.